The highest BCUT2D eigenvalue weighted by molar-refractivity contribution is 7.89. The first-order valence-corrected chi connectivity index (χ1v) is 9.87. The van der Waals surface area contributed by atoms with Gasteiger partial charge in [-0.15, -0.1) is 0 Å². The Balaban J connectivity index is 2.17. The first-order chi connectivity index (χ1) is 13.3. The summed E-state index contributed by atoms with van der Waals surface area (Å²) < 4.78 is 35.4. The van der Waals surface area contributed by atoms with E-state index in [2.05, 4.69) is 5.10 Å². The highest BCUT2D eigenvalue weighted by Gasteiger charge is 2.19. The number of hydrazone groups is 1. The third kappa shape index (κ3) is 5.19. The lowest BCUT2D eigenvalue weighted by Gasteiger charge is -2.10. The first kappa shape index (κ1) is 21.2. The predicted octanol–water partition coefficient (Wildman–Crippen LogP) is 3.01. The second kappa shape index (κ2) is 9.18. The van der Waals surface area contributed by atoms with Gasteiger partial charge < -0.3 is 9.47 Å². The molecular weight excluding hydrogens is 386 g/mol. The molecule has 0 atom stereocenters. The van der Waals surface area contributed by atoms with Crippen molar-refractivity contribution in [2.24, 2.45) is 5.10 Å². The summed E-state index contributed by atoms with van der Waals surface area (Å²) in [7, 11) is -2.55. The van der Waals surface area contributed by atoms with Crippen molar-refractivity contribution in [2.45, 2.75) is 25.2 Å². The van der Waals surface area contributed by atoms with Crippen LogP contribution in [-0.4, -0.2) is 33.3 Å². The van der Waals surface area contributed by atoms with Gasteiger partial charge in [-0.25, -0.2) is 4.83 Å². The molecule has 1 N–H and O–H groups in total. The van der Waals surface area contributed by atoms with Crippen molar-refractivity contribution in [2.75, 3.05) is 13.7 Å². The molecular formula is C18H21N3O6S. The molecule has 0 saturated heterocycles. The maximum atomic E-state index is 12.3. The molecule has 0 unspecified atom stereocenters. The summed E-state index contributed by atoms with van der Waals surface area (Å²) >= 11 is 0. The fourth-order valence-electron chi connectivity index (χ4n) is 2.27. The highest BCUT2D eigenvalue weighted by atomic mass is 32.2. The number of ether oxygens (including phenoxy) is 2. The molecule has 0 spiro atoms. The van der Waals surface area contributed by atoms with E-state index in [4.69, 9.17) is 9.47 Å². The zero-order valence-electron chi connectivity index (χ0n) is 15.7. The Morgan fingerprint density at radius 2 is 1.96 bits per heavy atom. The molecule has 2 rings (SSSR count). The number of nitrogens with zero attached hydrogens (tertiary/aromatic N) is 2. The molecule has 0 aliphatic carbocycles. The van der Waals surface area contributed by atoms with E-state index in [1.54, 1.807) is 18.2 Å². The van der Waals surface area contributed by atoms with E-state index >= 15 is 0 Å². The minimum Gasteiger partial charge on any atom is -0.493 e. The number of methoxy groups -OCH3 is 1. The summed E-state index contributed by atoms with van der Waals surface area (Å²) in [6.45, 7) is 4.07. The zero-order chi connectivity index (χ0) is 20.7. The molecule has 0 saturated carbocycles. The quantitative estimate of drug-likeness (QED) is 0.387. The van der Waals surface area contributed by atoms with Crippen molar-refractivity contribution in [3.63, 3.8) is 0 Å². The van der Waals surface area contributed by atoms with Gasteiger partial charge in [-0.2, -0.15) is 13.5 Å². The lowest BCUT2D eigenvalue weighted by molar-refractivity contribution is -0.385. The number of nitro benzene ring substituents is 1. The Labute approximate surface area is 163 Å². The maximum absolute atomic E-state index is 12.3. The monoisotopic (exact) mass is 407 g/mol. The van der Waals surface area contributed by atoms with Gasteiger partial charge in [0, 0.05) is 11.6 Å². The van der Waals surface area contributed by atoms with E-state index in [9.17, 15) is 18.5 Å². The predicted molar refractivity (Wildman–Crippen MR) is 105 cm³/mol. The number of benzene rings is 2. The largest absolute Gasteiger partial charge is 0.493 e. The lowest BCUT2D eigenvalue weighted by Crippen LogP contribution is -2.18. The van der Waals surface area contributed by atoms with E-state index in [0.29, 0.717) is 29.2 Å². The van der Waals surface area contributed by atoms with Crippen LogP contribution in [0, 0.1) is 17.0 Å². The summed E-state index contributed by atoms with van der Waals surface area (Å²) in [6.07, 6.45) is 2.15. The minimum atomic E-state index is -4.05. The molecule has 2 aromatic rings. The number of hydrogen-bond acceptors (Lipinski definition) is 7. The van der Waals surface area contributed by atoms with Gasteiger partial charge in [0.05, 0.1) is 29.8 Å². The van der Waals surface area contributed by atoms with Gasteiger partial charge in [-0.05, 0) is 43.2 Å². The molecule has 0 aromatic heterocycles. The van der Waals surface area contributed by atoms with Gasteiger partial charge >= 0.3 is 0 Å². The molecule has 0 amide bonds. The molecule has 0 heterocycles. The normalized spacial score (nSPS) is 11.4. The molecule has 10 heteroatoms. The Bertz CT molecular complexity index is 989. The number of aryl methyl sites for hydroxylation is 1. The van der Waals surface area contributed by atoms with Crippen LogP contribution in [0.2, 0.25) is 0 Å². The maximum Gasteiger partial charge on any atom is 0.276 e. The summed E-state index contributed by atoms with van der Waals surface area (Å²) in [6, 6.07) is 8.70. The van der Waals surface area contributed by atoms with E-state index < -0.39 is 14.9 Å². The van der Waals surface area contributed by atoms with E-state index in [1.165, 1.54) is 32.4 Å². The molecule has 9 nitrogen and oxygen atoms in total. The smallest absolute Gasteiger partial charge is 0.276 e. The number of hydrogen-bond donors (Lipinski definition) is 1. The van der Waals surface area contributed by atoms with Crippen LogP contribution in [0.25, 0.3) is 0 Å². The van der Waals surface area contributed by atoms with E-state index in [-0.39, 0.29) is 10.6 Å². The Morgan fingerprint density at radius 3 is 2.61 bits per heavy atom. The molecule has 0 radical (unpaired) electrons. The van der Waals surface area contributed by atoms with Crippen LogP contribution in [0.5, 0.6) is 11.5 Å². The van der Waals surface area contributed by atoms with Crippen LogP contribution >= 0.6 is 0 Å². The van der Waals surface area contributed by atoms with E-state index in [0.717, 1.165) is 12.5 Å². The molecule has 28 heavy (non-hydrogen) atoms. The third-order valence-electron chi connectivity index (χ3n) is 3.72. The average Bonchev–Trinajstić information content (AvgIpc) is 2.66. The Morgan fingerprint density at radius 1 is 1.21 bits per heavy atom. The second-order valence-corrected chi connectivity index (χ2v) is 7.48. The van der Waals surface area contributed by atoms with Crippen LogP contribution in [0.1, 0.15) is 24.5 Å². The van der Waals surface area contributed by atoms with Crippen molar-refractivity contribution in [3.05, 3.63) is 57.6 Å². The van der Waals surface area contributed by atoms with Crippen molar-refractivity contribution in [3.8, 4) is 11.5 Å². The SMILES string of the molecule is CCCOc1ccc(/C=N/NS(=O)(=O)c2ccc(C)c([N+](=O)[O-])c2)cc1OC. The van der Waals surface area contributed by atoms with Crippen molar-refractivity contribution in [1.82, 2.24) is 4.83 Å². The number of rotatable bonds is 9. The minimum absolute atomic E-state index is 0.247. The molecule has 0 bridgehead atoms. The standard InChI is InChI=1S/C18H21N3O6S/c1-4-9-27-17-8-6-14(10-18(17)26-3)12-19-20-28(24,25)15-7-5-13(2)16(11-15)21(22)23/h5-8,10-12,20H,4,9H2,1-3H3/b19-12+. The van der Waals surface area contributed by atoms with Crippen LogP contribution in [0.3, 0.4) is 0 Å². The zero-order valence-corrected chi connectivity index (χ0v) is 16.5. The molecule has 150 valence electrons. The summed E-state index contributed by atoms with van der Waals surface area (Å²) in [5, 5.41) is 14.7. The molecule has 0 aliphatic heterocycles. The van der Waals surface area contributed by atoms with Crippen molar-refractivity contribution < 1.29 is 22.8 Å². The number of sulfonamides is 1. The number of nitro groups is 1. The molecule has 0 aliphatic rings. The Kier molecular flexibility index (Phi) is 6.94. The molecule has 2 aromatic carbocycles. The Hall–Kier alpha value is -3.14. The second-order valence-electron chi connectivity index (χ2n) is 5.82. The number of nitrogens with one attached hydrogen (secondary N) is 1. The van der Waals surface area contributed by atoms with Gasteiger partial charge in [0.15, 0.2) is 11.5 Å². The van der Waals surface area contributed by atoms with Crippen LogP contribution in [0.15, 0.2) is 46.4 Å². The topological polar surface area (TPSA) is 120 Å². The van der Waals surface area contributed by atoms with Gasteiger partial charge in [-0.1, -0.05) is 13.0 Å². The van der Waals surface area contributed by atoms with Crippen molar-refractivity contribution >= 4 is 21.9 Å². The summed E-state index contributed by atoms with van der Waals surface area (Å²) in [4.78, 5) is 12.2. The molecule has 0 fully saturated rings. The van der Waals surface area contributed by atoms with Crippen LogP contribution in [0.4, 0.5) is 5.69 Å². The third-order valence-corrected chi connectivity index (χ3v) is 4.94. The fourth-order valence-corrected chi connectivity index (χ4v) is 3.08. The van der Waals surface area contributed by atoms with Gasteiger partial charge in [0.2, 0.25) is 0 Å². The fraction of sp³-hybridized carbons (Fsp3) is 0.278. The van der Waals surface area contributed by atoms with Gasteiger partial charge in [-0.3, -0.25) is 10.1 Å². The van der Waals surface area contributed by atoms with Gasteiger partial charge in [0.1, 0.15) is 0 Å². The van der Waals surface area contributed by atoms with Crippen molar-refractivity contribution in [1.29, 1.82) is 0 Å². The van der Waals surface area contributed by atoms with Gasteiger partial charge in [0.25, 0.3) is 15.7 Å². The highest BCUT2D eigenvalue weighted by Crippen LogP contribution is 2.27. The first-order valence-electron chi connectivity index (χ1n) is 8.39. The summed E-state index contributed by atoms with van der Waals surface area (Å²) in [5.41, 5.74) is 0.669. The lowest BCUT2D eigenvalue weighted by atomic mass is 10.2. The van der Waals surface area contributed by atoms with Crippen LogP contribution in [-0.2, 0) is 10.0 Å². The van der Waals surface area contributed by atoms with Crippen LogP contribution < -0.4 is 14.3 Å². The van der Waals surface area contributed by atoms with E-state index in [1.807, 2.05) is 11.8 Å². The average molecular weight is 407 g/mol. The summed E-state index contributed by atoms with van der Waals surface area (Å²) in [5.74, 6) is 1.07.